The van der Waals surface area contributed by atoms with Gasteiger partial charge in [0.25, 0.3) is 11.8 Å². The Morgan fingerprint density at radius 2 is 1.35 bits per heavy atom. The van der Waals surface area contributed by atoms with Crippen LogP contribution in [0.2, 0.25) is 0 Å². The van der Waals surface area contributed by atoms with Gasteiger partial charge in [0.05, 0.1) is 29.4 Å². The van der Waals surface area contributed by atoms with Crippen molar-refractivity contribution in [3.8, 4) is 0 Å². The highest BCUT2D eigenvalue weighted by Crippen LogP contribution is 2.37. The quantitative estimate of drug-likeness (QED) is 0.404. The van der Waals surface area contributed by atoms with Crippen molar-refractivity contribution >= 4 is 17.8 Å². The van der Waals surface area contributed by atoms with Crippen molar-refractivity contribution in [1.82, 2.24) is 4.90 Å². The highest BCUT2D eigenvalue weighted by molar-refractivity contribution is 6.22. The van der Waals surface area contributed by atoms with E-state index >= 15 is 0 Å². The standard InChI is InChI=1S/C20H13F6NO4/c1-31-18(30)15(27-16(28)13-4-2-3-5-14(13)17(27)29)8-10-6-11(19(21,22)23)9-12(7-10)20(24,25)26/h2-7,9,15H,8H2,1H3. The minimum atomic E-state index is -5.09. The van der Waals surface area contributed by atoms with Crippen LogP contribution in [0, 0.1) is 0 Å². The largest absolute Gasteiger partial charge is 0.467 e. The predicted octanol–water partition coefficient (Wildman–Crippen LogP) is 4.10. The highest BCUT2D eigenvalue weighted by Gasteiger charge is 2.44. The highest BCUT2D eigenvalue weighted by atomic mass is 19.4. The summed E-state index contributed by atoms with van der Waals surface area (Å²) in [5.41, 5.74) is -3.79. The fraction of sp³-hybridized carbons (Fsp3) is 0.250. The molecule has 0 saturated carbocycles. The number of hydrogen-bond acceptors (Lipinski definition) is 4. The third kappa shape index (κ3) is 4.25. The Morgan fingerprint density at radius 3 is 1.74 bits per heavy atom. The van der Waals surface area contributed by atoms with E-state index in [4.69, 9.17) is 0 Å². The summed E-state index contributed by atoms with van der Waals surface area (Å²) in [7, 11) is 0.917. The number of carbonyl (C=O) groups is 3. The molecule has 11 heteroatoms. The monoisotopic (exact) mass is 445 g/mol. The molecule has 0 aromatic heterocycles. The van der Waals surface area contributed by atoms with Crippen molar-refractivity contribution in [3.05, 3.63) is 70.3 Å². The molecule has 1 heterocycles. The topological polar surface area (TPSA) is 63.7 Å². The Kier molecular flexibility index (Phi) is 5.55. The van der Waals surface area contributed by atoms with Gasteiger partial charge in [0, 0.05) is 6.42 Å². The Labute approximate surface area is 171 Å². The van der Waals surface area contributed by atoms with Crippen LogP contribution in [0.1, 0.15) is 37.4 Å². The Bertz CT molecular complexity index is 993. The van der Waals surface area contributed by atoms with Crippen LogP contribution in [0.5, 0.6) is 0 Å². The van der Waals surface area contributed by atoms with Gasteiger partial charge in [-0.05, 0) is 35.9 Å². The summed E-state index contributed by atoms with van der Waals surface area (Å²) in [6.07, 6.45) is -11.0. The maximum Gasteiger partial charge on any atom is 0.416 e. The molecule has 5 nitrogen and oxygen atoms in total. The van der Waals surface area contributed by atoms with Crippen LogP contribution in [0.3, 0.4) is 0 Å². The molecule has 0 saturated heterocycles. The van der Waals surface area contributed by atoms with Crippen molar-refractivity contribution in [3.63, 3.8) is 0 Å². The van der Waals surface area contributed by atoms with Crippen LogP contribution in [-0.2, 0) is 28.3 Å². The molecule has 1 atom stereocenters. The van der Waals surface area contributed by atoms with E-state index in [1.54, 1.807) is 0 Å². The van der Waals surface area contributed by atoms with Crippen molar-refractivity contribution in [2.24, 2.45) is 0 Å². The van der Waals surface area contributed by atoms with Crippen molar-refractivity contribution < 1.29 is 45.5 Å². The molecule has 1 unspecified atom stereocenters. The number of esters is 1. The maximum absolute atomic E-state index is 13.1. The second-order valence-electron chi connectivity index (χ2n) is 6.68. The van der Waals surface area contributed by atoms with Gasteiger partial charge < -0.3 is 4.74 Å². The second-order valence-corrected chi connectivity index (χ2v) is 6.68. The van der Waals surface area contributed by atoms with E-state index in [1.807, 2.05) is 0 Å². The molecule has 3 rings (SSSR count). The first kappa shape index (κ1) is 22.3. The first-order valence-corrected chi connectivity index (χ1v) is 8.67. The average molecular weight is 445 g/mol. The van der Waals surface area contributed by atoms with Gasteiger partial charge in [0.15, 0.2) is 0 Å². The summed E-state index contributed by atoms with van der Waals surface area (Å²) in [5.74, 6) is -2.97. The Morgan fingerprint density at radius 1 is 0.903 bits per heavy atom. The maximum atomic E-state index is 13.1. The zero-order valence-electron chi connectivity index (χ0n) is 15.7. The van der Waals surface area contributed by atoms with Crippen LogP contribution in [0.15, 0.2) is 42.5 Å². The van der Waals surface area contributed by atoms with Crippen molar-refractivity contribution in [2.45, 2.75) is 24.8 Å². The molecule has 2 aromatic carbocycles. The van der Waals surface area contributed by atoms with Crippen LogP contribution < -0.4 is 0 Å². The normalized spacial score (nSPS) is 15.1. The zero-order valence-corrected chi connectivity index (χ0v) is 15.7. The molecule has 0 fully saturated rings. The summed E-state index contributed by atoms with van der Waals surface area (Å²) >= 11 is 0. The molecule has 31 heavy (non-hydrogen) atoms. The number of hydrogen-bond donors (Lipinski definition) is 0. The van der Waals surface area contributed by atoms with E-state index in [-0.39, 0.29) is 17.2 Å². The molecule has 1 aliphatic heterocycles. The Balaban J connectivity index is 2.06. The summed E-state index contributed by atoms with van der Waals surface area (Å²) < 4.78 is 83.3. The first-order chi connectivity index (χ1) is 14.3. The molecule has 0 spiro atoms. The molecule has 0 aliphatic carbocycles. The number of fused-ring (bicyclic) bond motifs is 1. The predicted molar refractivity (Wildman–Crippen MR) is 92.9 cm³/mol. The van der Waals surface area contributed by atoms with Crippen LogP contribution in [0.25, 0.3) is 0 Å². The number of amides is 2. The molecular weight excluding hydrogens is 432 g/mol. The molecular formula is C20H13F6NO4. The van der Waals surface area contributed by atoms with E-state index in [9.17, 15) is 40.7 Å². The number of methoxy groups -OCH3 is 1. The van der Waals surface area contributed by atoms with Crippen LogP contribution >= 0.6 is 0 Å². The van der Waals surface area contributed by atoms with E-state index in [0.29, 0.717) is 17.0 Å². The summed E-state index contributed by atoms with van der Waals surface area (Å²) in [6.45, 7) is 0. The fourth-order valence-corrected chi connectivity index (χ4v) is 3.27. The van der Waals surface area contributed by atoms with E-state index in [2.05, 4.69) is 4.74 Å². The zero-order chi connectivity index (χ0) is 23.1. The number of imide groups is 1. The van der Waals surface area contributed by atoms with Gasteiger partial charge in [-0.25, -0.2) is 4.79 Å². The fourth-order valence-electron chi connectivity index (χ4n) is 3.27. The number of carbonyl (C=O) groups excluding carboxylic acids is 3. The van der Waals surface area contributed by atoms with Gasteiger partial charge in [0.1, 0.15) is 6.04 Å². The minimum Gasteiger partial charge on any atom is -0.467 e. The number of benzene rings is 2. The molecule has 164 valence electrons. The van der Waals surface area contributed by atoms with Crippen LogP contribution in [0.4, 0.5) is 26.3 Å². The lowest BCUT2D eigenvalue weighted by Crippen LogP contribution is -2.46. The van der Waals surface area contributed by atoms with Crippen molar-refractivity contribution in [1.29, 1.82) is 0 Å². The van der Waals surface area contributed by atoms with E-state index in [0.717, 1.165) is 7.11 Å². The first-order valence-electron chi connectivity index (χ1n) is 8.67. The van der Waals surface area contributed by atoms with Gasteiger partial charge in [0.2, 0.25) is 0 Å². The summed E-state index contributed by atoms with van der Waals surface area (Å²) in [5, 5.41) is 0. The van der Waals surface area contributed by atoms with Gasteiger partial charge in [-0.15, -0.1) is 0 Å². The minimum absolute atomic E-state index is 0.0403. The molecule has 2 amide bonds. The van der Waals surface area contributed by atoms with Crippen LogP contribution in [-0.4, -0.2) is 35.8 Å². The lowest BCUT2D eigenvalue weighted by atomic mass is 9.98. The third-order valence-electron chi connectivity index (χ3n) is 4.69. The average Bonchev–Trinajstić information content (AvgIpc) is 2.95. The smallest absolute Gasteiger partial charge is 0.416 e. The van der Waals surface area contributed by atoms with E-state index < -0.39 is 59.3 Å². The van der Waals surface area contributed by atoms with Gasteiger partial charge in [-0.3, -0.25) is 14.5 Å². The Hall–Kier alpha value is -3.37. The molecule has 1 aliphatic rings. The lowest BCUT2D eigenvalue weighted by molar-refractivity contribution is -0.145. The molecule has 0 radical (unpaired) electrons. The summed E-state index contributed by atoms with van der Waals surface area (Å²) in [6, 6.07) is 4.60. The lowest BCUT2D eigenvalue weighted by Gasteiger charge is -2.24. The van der Waals surface area contributed by atoms with Gasteiger partial charge in [-0.2, -0.15) is 26.3 Å². The number of nitrogens with zero attached hydrogens (tertiary/aromatic N) is 1. The summed E-state index contributed by atoms with van der Waals surface area (Å²) in [4.78, 5) is 38.1. The number of halogens is 6. The number of rotatable bonds is 4. The number of alkyl halides is 6. The van der Waals surface area contributed by atoms with Gasteiger partial charge in [-0.1, -0.05) is 12.1 Å². The second kappa shape index (κ2) is 7.71. The van der Waals surface area contributed by atoms with E-state index in [1.165, 1.54) is 24.3 Å². The van der Waals surface area contributed by atoms with Gasteiger partial charge >= 0.3 is 18.3 Å². The SMILES string of the molecule is COC(=O)C(Cc1cc(C(F)(F)F)cc(C(F)(F)F)c1)N1C(=O)c2ccccc2C1=O. The third-order valence-corrected chi connectivity index (χ3v) is 4.69. The molecule has 0 bridgehead atoms. The van der Waals surface area contributed by atoms with Crippen molar-refractivity contribution in [2.75, 3.05) is 7.11 Å². The number of ether oxygens (including phenoxy) is 1. The molecule has 0 N–H and O–H groups in total. The molecule has 2 aromatic rings.